The third-order valence-corrected chi connectivity index (χ3v) is 4.69. The predicted molar refractivity (Wildman–Crippen MR) is 113 cm³/mol. The van der Waals surface area contributed by atoms with E-state index in [9.17, 15) is 15.2 Å². The fraction of sp³-hybridized carbons (Fsp3) is 0.182. The van der Waals surface area contributed by atoms with Crippen molar-refractivity contribution in [1.29, 1.82) is 5.26 Å². The van der Waals surface area contributed by atoms with Gasteiger partial charge in [0.1, 0.15) is 17.4 Å². The van der Waals surface area contributed by atoms with Gasteiger partial charge in [-0.2, -0.15) is 10.4 Å². The van der Waals surface area contributed by atoms with Crippen molar-refractivity contribution < 1.29 is 5.11 Å². The number of hydrogen-bond donors (Lipinski definition) is 3. The molecule has 1 atom stereocenters. The van der Waals surface area contributed by atoms with Crippen LogP contribution in [0.25, 0.3) is 11.3 Å². The van der Waals surface area contributed by atoms with Crippen molar-refractivity contribution >= 4 is 12.2 Å². The molecule has 0 saturated carbocycles. The van der Waals surface area contributed by atoms with E-state index in [2.05, 4.69) is 34.3 Å². The molecule has 2 aromatic carbocycles. The summed E-state index contributed by atoms with van der Waals surface area (Å²) in [6.45, 7) is 4.21. The summed E-state index contributed by atoms with van der Waals surface area (Å²) in [4.78, 5) is 19.1. The Balaban J connectivity index is 1.89. The predicted octanol–water partition coefficient (Wildman–Crippen LogP) is 3.97. The molecule has 0 radical (unpaired) electrons. The van der Waals surface area contributed by atoms with E-state index in [-0.39, 0.29) is 23.0 Å². The maximum absolute atomic E-state index is 12.3. The van der Waals surface area contributed by atoms with Gasteiger partial charge in [-0.15, -0.1) is 0 Å². The van der Waals surface area contributed by atoms with Crippen molar-refractivity contribution in [3.05, 3.63) is 75.6 Å². The SMILES string of the molecule is CCC(C)c1ccc(O)c(C=NNc2nc(-c3ccccc3)c(C#N)c(=O)[nH]2)c1. The normalized spacial score (nSPS) is 11.9. The van der Waals surface area contributed by atoms with Crippen LogP contribution in [0.5, 0.6) is 5.75 Å². The average molecular weight is 387 g/mol. The van der Waals surface area contributed by atoms with E-state index in [0.29, 0.717) is 17.0 Å². The zero-order valence-electron chi connectivity index (χ0n) is 16.2. The Hall–Kier alpha value is -3.92. The number of aromatic amines is 1. The maximum Gasteiger partial charge on any atom is 0.270 e. The Morgan fingerprint density at radius 3 is 2.76 bits per heavy atom. The number of anilines is 1. The van der Waals surface area contributed by atoms with E-state index < -0.39 is 5.56 Å². The molecule has 3 rings (SSSR count). The van der Waals surface area contributed by atoms with Crippen LogP contribution in [0, 0.1) is 11.3 Å². The van der Waals surface area contributed by atoms with Gasteiger partial charge in [-0.1, -0.05) is 50.2 Å². The number of rotatable bonds is 6. The molecule has 0 bridgehead atoms. The molecule has 0 saturated heterocycles. The minimum absolute atomic E-state index is 0.0652. The first-order chi connectivity index (χ1) is 14.0. The third-order valence-electron chi connectivity index (χ3n) is 4.69. The highest BCUT2D eigenvalue weighted by atomic mass is 16.3. The van der Waals surface area contributed by atoms with E-state index in [1.165, 1.54) is 6.21 Å². The fourth-order valence-corrected chi connectivity index (χ4v) is 2.82. The molecule has 29 heavy (non-hydrogen) atoms. The van der Waals surface area contributed by atoms with Crippen LogP contribution in [0.2, 0.25) is 0 Å². The van der Waals surface area contributed by atoms with Crippen LogP contribution >= 0.6 is 0 Å². The van der Waals surface area contributed by atoms with Gasteiger partial charge in [0, 0.05) is 11.1 Å². The number of hydrogen-bond acceptors (Lipinski definition) is 6. The Morgan fingerprint density at radius 1 is 1.31 bits per heavy atom. The van der Waals surface area contributed by atoms with Crippen LogP contribution in [-0.2, 0) is 0 Å². The molecular weight excluding hydrogens is 366 g/mol. The number of H-pyrrole nitrogens is 1. The van der Waals surface area contributed by atoms with Gasteiger partial charge >= 0.3 is 0 Å². The zero-order valence-corrected chi connectivity index (χ0v) is 16.2. The molecular formula is C22H21N5O2. The second kappa shape index (κ2) is 8.85. The van der Waals surface area contributed by atoms with Crippen molar-refractivity contribution in [2.24, 2.45) is 5.10 Å². The minimum atomic E-state index is -0.555. The molecule has 1 unspecified atom stereocenters. The lowest BCUT2D eigenvalue weighted by molar-refractivity contribution is 0.474. The first kappa shape index (κ1) is 19.8. The van der Waals surface area contributed by atoms with Crippen LogP contribution < -0.4 is 11.0 Å². The molecule has 7 heteroatoms. The van der Waals surface area contributed by atoms with E-state index in [1.54, 1.807) is 30.3 Å². The van der Waals surface area contributed by atoms with Crippen LogP contribution in [0.1, 0.15) is 42.9 Å². The highest BCUT2D eigenvalue weighted by molar-refractivity contribution is 5.84. The number of aromatic hydroxyl groups is 1. The Bertz CT molecular complexity index is 1130. The monoisotopic (exact) mass is 387 g/mol. The van der Waals surface area contributed by atoms with Crippen molar-refractivity contribution in [1.82, 2.24) is 9.97 Å². The molecule has 0 aliphatic rings. The quantitative estimate of drug-likeness (QED) is 0.437. The average Bonchev–Trinajstić information content (AvgIpc) is 2.74. The highest BCUT2D eigenvalue weighted by Gasteiger charge is 2.13. The molecule has 3 N–H and O–H groups in total. The second-order valence-electron chi connectivity index (χ2n) is 6.61. The number of phenolic OH excluding ortho intramolecular Hbond substituents is 1. The largest absolute Gasteiger partial charge is 0.507 e. The molecule has 7 nitrogen and oxygen atoms in total. The van der Waals surface area contributed by atoms with Gasteiger partial charge in [0.2, 0.25) is 5.95 Å². The summed E-state index contributed by atoms with van der Waals surface area (Å²) >= 11 is 0. The van der Waals surface area contributed by atoms with Gasteiger partial charge in [-0.3, -0.25) is 9.78 Å². The first-order valence-electron chi connectivity index (χ1n) is 9.25. The lowest BCUT2D eigenvalue weighted by Crippen LogP contribution is -2.16. The Kier molecular flexibility index (Phi) is 6.05. The van der Waals surface area contributed by atoms with Crippen molar-refractivity contribution in [2.45, 2.75) is 26.2 Å². The number of nitriles is 1. The zero-order chi connectivity index (χ0) is 20.8. The second-order valence-corrected chi connectivity index (χ2v) is 6.61. The van der Waals surface area contributed by atoms with Gasteiger partial charge in [-0.25, -0.2) is 10.4 Å². The van der Waals surface area contributed by atoms with E-state index in [1.807, 2.05) is 24.3 Å². The molecule has 0 spiro atoms. The molecule has 1 heterocycles. The molecule has 0 aliphatic carbocycles. The van der Waals surface area contributed by atoms with Gasteiger partial charge in [0.25, 0.3) is 5.56 Å². The summed E-state index contributed by atoms with van der Waals surface area (Å²) in [7, 11) is 0. The fourth-order valence-electron chi connectivity index (χ4n) is 2.82. The van der Waals surface area contributed by atoms with Gasteiger partial charge in [-0.05, 0) is 30.0 Å². The number of nitrogens with one attached hydrogen (secondary N) is 2. The molecule has 0 fully saturated rings. The molecule has 0 amide bonds. The van der Waals surface area contributed by atoms with E-state index in [0.717, 1.165) is 12.0 Å². The summed E-state index contributed by atoms with van der Waals surface area (Å²) in [5.41, 5.74) is 4.63. The Morgan fingerprint density at radius 2 is 2.07 bits per heavy atom. The minimum Gasteiger partial charge on any atom is -0.507 e. The summed E-state index contributed by atoms with van der Waals surface area (Å²) in [6, 6.07) is 16.3. The number of benzene rings is 2. The first-order valence-corrected chi connectivity index (χ1v) is 9.25. The van der Waals surface area contributed by atoms with Crippen LogP contribution in [-0.4, -0.2) is 21.3 Å². The van der Waals surface area contributed by atoms with E-state index in [4.69, 9.17) is 0 Å². The van der Waals surface area contributed by atoms with Crippen molar-refractivity contribution in [3.8, 4) is 23.1 Å². The summed E-state index contributed by atoms with van der Waals surface area (Å²) in [5.74, 6) is 0.566. The third kappa shape index (κ3) is 4.50. The van der Waals surface area contributed by atoms with Crippen LogP contribution in [0.4, 0.5) is 5.95 Å². The smallest absolute Gasteiger partial charge is 0.270 e. The standard InChI is InChI=1S/C22H21N5O2/c1-3-14(2)16-9-10-19(28)17(11-16)13-24-27-22-25-20(15-7-5-4-6-8-15)18(12-23)21(29)26-22/h4-11,13-14,28H,3H2,1-2H3,(H2,25,26,27,29). The summed E-state index contributed by atoms with van der Waals surface area (Å²) in [5, 5.41) is 23.5. The molecule has 3 aromatic rings. The van der Waals surface area contributed by atoms with Gasteiger partial charge in [0.15, 0.2) is 0 Å². The maximum atomic E-state index is 12.3. The van der Waals surface area contributed by atoms with Crippen LogP contribution in [0.15, 0.2) is 58.4 Å². The van der Waals surface area contributed by atoms with Crippen LogP contribution in [0.3, 0.4) is 0 Å². The Labute approximate surface area is 168 Å². The molecule has 0 aliphatic heterocycles. The number of phenols is 1. The lowest BCUT2D eigenvalue weighted by Gasteiger charge is -2.10. The number of aromatic nitrogens is 2. The van der Waals surface area contributed by atoms with E-state index >= 15 is 0 Å². The summed E-state index contributed by atoms with van der Waals surface area (Å²) < 4.78 is 0. The summed E-state index contributed by atoms with van der Waals surface area (Å²) in [6.07, 6.45) is 2.44. The topological polar surface area (TPSA) is 114 Å². The van der Waals surface area contributed by atoms with Crippen molar-refractivity contribution in [3.63, 3.8) is 0 Å². The number of hydrazone groups is 1. The lowest BCUT2D eigenvalue weighted by atomic mass is 9.97. The van der Waals surface area contributed by atoms with Crippen molar-refractivity contribution in [2.75, 3.05) is 5.43 Å². The molecule has 1 aromatic heterocycles. The highest BCUT2D eigenvalue weighted by Crippen LogP contribution is 2.24. The van der Waals surface area contributed by atoms with Gasteiger partial charge < -0.3 is 5.11 Å². The number of nitrogens with zero attached hydrogens (tertiary/aromatic N) is 3. The molecule has 146 valence electrons. The van der Waals surface area contributed by atoms with Gasteiger partial charge in [0.05, 0.1) is 11.9 Å².